The normalized spacial score (nSPS) is 10.1. The van der Waals surface area contributed by atoms with E-state index in [4.69, 9.17) is 5.73 Å². The zero-order valence-electron chi connectivity index (χ0n) is 11.1. The molecule has 4 nitrogen and oxygen atoms in total. The molecule has 0 aliphatic heterocycles. The van der Waals surface area contributed by atoms with Crippen molar-refractivity contribution in [3.8, 4) is 0 Å². The largest absolute Gasteiger partial charge is 0.399 e. The summed E-state index contributed by atoms with van der Waals surface area (Å²) in [4.78, 5) is 13.7. The van der Waals surface area contributed by atoms with Crippen LogP contribution in [0.5, 0.6) is 0 Å². The number of anilines is 2. The first kappa shape index (κ1) is 14.4. The van der Waals surface area contributed by atoms with Crippen LogP contribution in [0, 0.1) is 0 Å². The molecule has 104 valence electrons. The van der Waals surface area contributed by atoms with Crippen molar-refractivity contribution < 1.29 is 4.79 Å². The monoisotopic (exact) mass is 333 g/mol. The standard InChI is InChI=1S/C15H16BrN3O/c1-19(10-11-4-2-5-12(16)8-11)15(20)18-14-7-3-6-13(17)9-14/h2-9H,10,17H2,1H3,(H,18,20). The van der Waals surface area contributed by atoms with Gasteiger partial charge in [0.2, 0.25) is 0 Å². The fourth-order valence-corrected chi connectivity index (χ4v) is 2.26. The number of rotatable bonds is 3. The fourth-order valence-electron chi connectivity index (χ4n) is 1.82. The molecule has 2 aromatic carbocycles. The SMILES string of the molecule is CN(Cc1cccc(Br)c1)C(=O)Nc1cccc(N)c1. The number of nitrogens with one attached hydrogen (secondary N) is 1. The van der Waals surface area contributed by atoms with E-state index < -0.39 is 0 Å². The van der Waals surface area contributed by atoms with Crippen molar-refractivity contribution >= 4 is 33.3 Å². The van der Waals surface area contributed by atoms with Gasteiger partial charge in [0, 0.05) is 29.4 Å². The molecule has 2 rings (SSSR count). The zero-order chi connectivity index (χ0) is 14.5. The third-order valence-corrected chi connectivity index (χ3v) is 3.29. The van der Waals surface area contributed by atoms with Crippen LogP contribution in [0.3, 0.4) is 0 Å². The number of carbonyl (C=O) groups excluding carboxylic acids is 1. The Labute approximate surface area is 126 Å². The number of amides is 2. The van der Waals surface area contributed by atoms with Gasteiger partial charge in [0.15, 0.2) is 0 Å². The minimum absolute atomic E-state index is 0.171. The summed E-state index contributed by atoms with van der Waals surface area (Å²) >= 11 is 3.42. The van der Waals surface area contributed by atoms with E-state index >= 15 is 0 Å². The number of nitrogens with zero attached hydrogens (tertiary/aromatic N) is 1. The Morgan fingerprint density at radius 1 is 1.25 bits per heavy atom. The summed E-state index contributed by atoms with van der Waals surface area (Å²) < 4.78 is 1.000. The van der Waals surface area contributed by atoms with E-state index in [1.165, 1.54) is 0 Å². The quantitative estimate of drug-likeness (QED) is 0.841. The third kappa shape index (κ3) is 3.99. The second kappa shape index (κ2) is 6.43. The molecular formula is C15H16BrN3O. The molecule has 0 aromatic heterocycles. The van der Waals surface area contributed by atoms with Crippen molar-refractivity contribution in [3.05, 3.63) is 58.6 Å². The van der Waals surface area contributed by atoms with Crippen molar-refractivity contribution in [3.63, 3.8) is 0 Å². The van der Waals surface area contributed by atoms with Gasteiger partial charge in [-0.15, -0.1) is 0 Å². The van der Waals surface area contributed by atoms with Gasteiger partial charge in [-0.3, -0.25) is 0 Å². The lowest BCUT2D eigenvalue weighted by molar-refractivity contribution is 0.220. The minimum atomic E-state index is -0.171. The van der Waals surface area contributed by atoms with Crippen LogP contribution in [0.15, 0.2) is 53.0 Å². The molecular weight excluding hydrogens is 318 g/mol. The molecule has 5 heteroatoms. The lowest BCUT2D eigenvalue weighted by Gasteiger charge is -2.18. The van der Waals surface area contributed by atoms with Gasteiger partial charge in [-0.05, 0) is 35.9 Å². The Bertz CT molecular complexity index is 616. The Morgan fingerprint density at radius 2 is 2.00 bits per heavy atom. The summed E-state index contributed by atoms with van der Waals surface area (Å²) in [5.41, 5.74) is 8.05. The minimum Gasteiger partial charge on any atom is -0.399 e. The Morgan fingerprint density at radius 3 is 2.70 bits per heavy atom. The Balaban J connectivity index is 1.98. The van der Waals surface area contributed by atoms with Crippen LogP contribution >= 0.6 is 15.9 Å². The summed E-state index contributed by atoms with van der Waals surface area (Å²) in [6.07, 6.45) is 0. The van der Waals surface area contributed by atoms with Crippen molar-refractivity contribution in [1.29, 1.82) is 0 Å². The summed E-state index contributed by atoms with van der Waals surface area (Å²) in [6, 6.07) is 14.8. The maximum atomic E-state index is 12.1. The van der Waals surface area contributed by atoms with Crippen LogP contribution in [0.1, 0.15) is 5.56 Å². The van der Waals surface area contributed by atoms with E-state index in [1.54, 1.807) is 36.2 Å². The lowest BCUT2D eigenvalue weighted by Crippen LogP contribution is -2.30. The predicted octanol–water partition coefficient (Wildman–Crippen LogP) is 3.70. The molecule has 0 spiro atoms. The zero-order valence-corrected chi connectivity index (χ0v) is 12.7. The third-order valence-electron chi connectivity index (χ3n) is 2.79. The van der Waals surface area contributed by atoms with Crippen molar-refractivity contribution in [2.45, 2.75) is 6.54 Å². The Hall–Kier alpha value is -2.01. The van der Waals surface area contributed by atoms with Crippen molar-refractivity contribution in [1.82, 2.24) is 4.90 Å². The number of nitrogens with two attached hydrogens (primary N) is 1. The van der Waals surface area contributed by atoms with Gasteiger partial charge in [-0.25, -0.2) is 4.79 Å². The molecule has 0 heterocycles. The number of halogens is 1. The molecule has 0 fully saturated rings. The molecule has 0 saturated heterocycles. The number of benzene rings is 2. The maximum absolute atomic E-state index is 12.1. The Kier molecular flexibility index (Phi) is 4.63. The molecule has 2 aromatic rings. The van der Waals surface area contributed by atoms with E-state index in [2.05, 4.69) is 21.2 Å². The smallest absolute Gasteiger partial charge is 0.321 e. The molecule has 20 heavy (non-hydrogen) atoms. The highest BCUT2D eigenvalue weighted by Gasteiger charge is 2.09. The molecule has 2 amide bonds. The first-order valence-corrected chi connectivity index (χ1v) is 6.96. The topological polar surface area (TPSA) is 58.4 Å². The fraction of sp³-hybridized carbons (Fsp3) is 0.133. The summed E-state index contributed by atoms with van der Waals surface area (Å²) in [7, 11) is 1.75. The summed E-state index contributed by atoms with van der Waals surface area (Å²) in [6.45, 7) is 0.535. The highest BCUT2D eigenvalue weighted by molar-refractivity contribution is 9.10. The van der Waals surface area contributed by atoms with Gasteiger partial charge < -0.3 is 16.0 Å². The second-order valence-corrected chi connectivity index (χ2v) is 5.46. The number of hydrogen-bond donors (Lipinski definition) is 2. The van der Waals surface area contributed by atoms with E-state index in [1.807, 2.05) is 24.3 Å². The van der Waals surface area contributed by atoms with Gasteiger partial charge in [0.25, 0.3) is 0 Å². The van der Waals surface area contributed by atoms with E-state index in [0.29, 0.717) is 17.9 Å². The number of nitrogen functional groups attached to an aromatic ring is 1. The molecule has 0 saturated carbocycles. The van der Waals surface area contributed by atoms with Crippen LogP contribution in [-0.4, -0.2) is 18.0 Å². The first-order valence-electron chi connectivity index (χ1n) is 6.17. The van der Waals surface area contributed by atoms with Gasteiger partial charge in [0.1, 0.15) is 0 Å². The predicted molar refractivity (Wildman–Crippen MR) is 85.5 cm³/mol. The van der Waals surface area contributed by atoms with Gasteiger partial charge in [-0.1, -0.05) is 34.1 Å². The summed E-state index contributed by atoms with van der Waals surface area (Å²) in [5.74, 6) is 0. The van der Waals surface area contributed by atoms with Crippen LogP contribution in [-0.2, 0) is 6.54 Å². The lowest BCUT2D eigenvalue weighted by atomic mass is 10.2. The molecule has 0 aliphatic rings. The second-order valence-electron chi connectivity index (χ2n) is 4.54. The number of urea groups is 1. The van der Waals surface area contributed by atoms with Crippen LogP contribution in [0.25, 0.3) is 0 Å². The first-order chi connectivity index (χ1) is 9.54. The van der Waals surface area contributed by atoms with E-state index in [0.717, 1.165) is 10.0 Å². The van der Waals surface area contributed by atoms with Crippen molar-refractivity contribution in [2.75, 3.05) is 18.1 Å². The molecule has 0 atom stereocenters. The van der Waals surface area contributed by atoms with Crippen LogP contribution in [0.2, 0.25) is 0 Å². The van der Waals surface area contributed by atoms with E-state index in [-0.39, 0.29) is 6.03 Å². The van der Waals surface area contributed by atoms with Crippen LogP contribution < -0.4 is 11.1 Å². The van der Waals surface area contributed by atoms with Crippen molar-refractivity contribution in [2.24, 2.45) is 0 Å². The average molecular weight is 334 g/mol. The number of hydrogen-bond acceptors (Lipinski definition) is 2. The highest BCUT2D eigenvalue weighted by atomic mass is 79.9. The van der Waals surface area contributed by atoms with Gasteiger partial charge in [0.05, 0.1) is 0 Å². The van der Waals surface area contributed by atoms with Crippen LogP contribution in [0.4, 0.5) is 16.2 Å². The van der Waals surface area contributed by atoms with E-state index in [9.17, 15) is 4.79 Å². The highest BCUT2D eigenvalue weighted by Crippen LogP contribution is 2.15. The number of carbonyl (C=O) groups is 1. The molecule has 0 aliphatic carbocycles. The molecule has 0 unspecified atom stereocenters. The van der Waals surface area contributed by atoms with Gasteiger partial charge >= 0.3 is 6.03 Å². The summed E-state index contributed by atoms with van der Waals surface area (Å²) in [5, 5.41) is 2.81. The van der Waals surface area contributed by atoms with Gasteiger partial charge in [-0.2, -0.15) is 0 Å². The molecule has 0 bridgehead atoms. The molecule has 3 N–H and O–H groups in total. The maximum Gasteiger partial charge on any atom is 0.321 e. The molecule has 0 radical (unpaired) electrons. The average Bonchev–Trinajstić information content (AvgIpc) is 2.38.